The van der Waals surface area contributed by atoms with Crippen molar-refractivity contribution < 1.29 is 9.53 Å². The van der Waals surface area contributed by atoms with E-state index in [1.165, 1.54) is 0 Å². The van der Waals surface area contributed by atoms with Gasteiger partial charge in [0.05, 0.1) is 19.1 Å². The van der Waals surface area contributed by atoms with E-state index < -0.39 is 0 Å². The molecule has 1 aliphatic rings. The van der Waals surface area contributed by atoms with Crippen molar-refractivity contribution in [3.05, 3.63) is 35.9 Å². The maximum absolute atomic E-state index is 12.2. The van der Waals surface area contributed by atoms with Crippen LogP contribution in [0.15, 0.2) is 30.3 Å². The third kappa shape index (κ3) is 7.36. The third-order valence-corrected chi connectivity index (χ3v) is 4.19. The Morgan fingerprint density at radius 3 is 2.50 bits per heavy atom. The molecule has 0 aromatic heterocycles. The summed E-state index contributed by atoms with van der Waals surface area (Å²) in [5.74, 6) is -0.205. The van der Waals surface area contributed by atoms with Crippen LogP contribution in [-0.4, -0.2) is 50.2 Å². The number of rotatable bonds is 7. The predicted octanol–water partition coefficient (Wildman–Crippen LogP) is 2.00. The lowest BCUT2D eigenvalue weighted by atomic mass is 9.95. The summed E-state index contributed by atoms with van der Waals surface area (Å²) in [5.41, 5.74) is 7.18. The Hall–Kier alpha value is -0.850. The summed E-state index contributed by atoms with van der Waals surface area (Å²) in [6.45, 7) is 7.19. The van der Waals surface area contributed by atoms with Crippen molar-refractivity contribution in [2.45, 2.75) is 19.4 Å². The molecule has 5 nitrogen and oxygen atoms in total. The lowest BCUT2D eigenvalue weighted by Gasteiger charge is -2.26. The first-order chi connectivity index (χ1) is 10.7. The Bertz CT molecular complexity index is 456. The fourth-order valence-corrected chi connectivity index (χ4v) is 2.63. The Morgan fingerprint density at radius 1 is 1.25 bits per heavy atom. The second-order valence-electron chi connectivity index (χ2n) is 5.82. The fraction of sp³-hybridized carbons (Fsp3) is 0.588. The molecule has 1 aliphatic heterocycles. The van der Waals surface area contributed by atoms with Crippen molar-refractivity contribution in [2.24, 2.45) is 11.7 Å². The van der Waals surface area contributed by atoms with Gasteiger partial charge in [0, 0.05) is 25.7 Å². The molecule has 1 heterocycles. The average molecular weight is 378 g/mol. The van der Waals surface area contributed by atoms with Gasteiger partial charge in [0.1, 0.15) is 0 Å². The van der Waals surface area contributed by atoms with Gasteiger partial charge < -0.3 is 15.8 Å². The second kappa shape index (κ2) is 12.5. The van der Waals surface area contributed by atoms with Gasteiger partial charge in [-0.25, -0.2) is 0 Å². The van der Waals surface area contributed by atoms with E-state index in [1.54, 1.807) is 0 Å². The Balaban J connectivity index is 0.00000264. The Labute approximate surface area is 157 Å². The molecule has 0 spiro atoms. The summed E-state index contributed by atoms with van der Waals surface area (Å²) in [6.07, 6.45) is 0.957. The molecule has 2 atom stereocenters. The third-order valence-electron chi connectivity index (χ3n) is 4.19. The summed E-state index contributed by atoms with van der Waals surface area (Å²) >= 11 is 0. The van der Waals surface area contributed by atoms with E-state index in [-0.39, 0.29) is 42.7 Å². The number of carbonyl (C=O) groups is 1. The smallest absolute Gasteiger partial charge is 0.224 e. The van der Waals surface area contributed by atoms with E-state index in [1.807, 2.05) is 37.3 Å². The Morgan fingerprint density at radius 2 is 1.88 bits per heavy atom. The van der Waals surface area contributed by atoms with Crippen LogP contribution in [0.4, 0.5) is 0 Å². The summed E-state index contributed by atoms with van der Waals surface area (Å²) in [4.78, 5) is 14.6. The SMILES string of the molecule is CC(C(=O)NCCCN1CCOCC1)C(N)c1ccccc1.Cl.Cl. The molecule has 2 rings (SSSR count). The molecular weight excluding hydrogens is 349 g/mol. The second-order valence-corrected chi connectivity index (χ2v) is 5.82. The normalized spacial score (nSPS) is 17.1. The maximum Gasteiger partial charge on any atom is 0.224 e. The molecule has 2 unspecified atom stereocenters. The van der Waals surface area contributed by atoms with E-state index >= 15 is 0 Å². The van der Waals surface area contributed by atoms with Crippen LogP contribution in [0.2, 0.25) is 0 Å². The molecule has 1 saturated heterocycles. The van der Waals surface area contributed by atoms with Crippen LogP contribution in [0.5, 0.6) is 0 Å². The number of amides is 1. The van der Waals surface area contributed by atoms with Gasteiger partial charge in [0.2, 0.25) is 5.91 Å². The number of nitrogens with two attached hydrogens (primary N) is 1. The monoisotopic (exact) mass is 377 g/mol. The maximum atomic E-state index is 12.2. The fourth-order valence-electron chi connectivity index (χ4n) is 2.63. The summed E-state index contributed by atoms with van der Waals surface area (Å²) in [7, 11) is 0. The number of ether oxygens (including phenoxy) is 1. The molecule has 1 amide bonds. The number of nitrogens with zero attached hydrogens (tertiary/aromatic N) is 1. The molecule has 3 N–H and O–H groups in total. The van der Waals surface area contributed by atoms with Gasteiger partial charge in [0.15, 0.2) is 0 Å². The van der Waals surface area contributed by atoms with Crippen molar-refractivity contribution in [1.29, 1.82) is 0 Å². The first-order valence-electron chi connectivity index (χ1n) is 8.07. The zero-order valence-corrected chi connectivity index (χ0v) is 15.8. The first kappa shape index (κ1) is 23.1. The Kier molecular flexibility index (Phi) is 12.1. The molecular formula is C17H29Cl2N3O2. The van der Waals surface area contributed by atoms with E-state index in [0.717, 1.165) is 44.8 Å². The molecule has 1 aromatic carbocycles. The highest BCUT2D eigenvalue weighted by Crippen LogP contribution is 2.18. The van der Waals surface area contributed by atoms with Gasteiger partial charge in [-0.3, -0.25) is 9.69 Å². The zero-order chi connectivity index (χ0) is 15.8. The highest BCUT2D eigenvalue weighted by molar-refractivity contribution is 5.85. The van der Waals surface area contributed by atoms with Crippen LogP contribution in [0.25, 0.3) is 0 Å². The van der Waals surface area contributed by atoms with Gasteiger partial charge in [-0.05, 0) is 18.5 Å². The minimum atomic E-state index is -0.263. The summed E-state index contributed by atoms with van der Waals surface area (Å²) in [6, 6.07) is 9.51. The molecule has 0 radical (unpaired) electrons. The van der Waals surface area contributed by atoms with E-state index in [2.05, 4.69) is 10.2 Å². The minimum Gasteiger partial charge on any atom is -0.379 e. The van der Waals surface area contributed by atoms with Crippen molar-refractivity contribution in [3.63, 3.8) is 0 Å². The van der Waals surface area contributed by atoms with Crippen LogP contribution in [0.1, 0.15) is 24.9 Å². The summed E-state index contributed by atoms with van der Waals surface area (Å²) in [5, 5.41) is 3.00. The van der Waals surface area contributed by atoms with Gasteiger partial charge in [-0.2, -0.15) is 0 Å². The number of nitrogens with one attached hydrogen (secondary N) is 1. The van der Waals surface area contributed by atoms with Crippen LogP contribution >= 0.6 is 24.8 Å². The van der Waals surface area contributed by atoms with Crippen molar-refractivity contribution in [3.8, 4) is 0 Å². The number of morpholine rings is 1. The molecule has 0 saturated carbocycles. The molecule has 0 bridgehead atoms. The minimum absolute atomic E-state index is 0. The number of hydrogen-bond donors (Lipinski definition) is 2. The number of hydrogen-bond acceptors (Lipinski definition) is 4. The number of carbonyl (C=O) groups excluding carboxylic acids is 1. The van der Waals surface area contributed by atoms with E-state index in [4.69, 9.17) is 10.5 Å². The quantitative estimate of drug-likeness (QED) is 0.713. The van der Waals surface area contributed by atoms with Gasteiger partial charge in [-0.1, -0.05) is 37.3 Å². The largest absolute Gasteiger partial charge is 0.379 e. The van der Waals surface area contributed by atoms with Crippen LogP contribution < -0.4 is 11.1 Å². The van der Waals surface area contributed by atoms with Crippen molar-refractivity contribution >= 4 is 30.7 Å². The number of benzene rings is 1. The molecule has 7 heteroatoms. The number of halogens is 2. The van der Waals surface area contributed by atoms with Crippen LogP contribution in [0, 0.1) is 5.92 Å². The van der Waals surface area contributed by atoms with E-state index in [0.29, 0.717) is 6.54 Å². The molecule has 1 fully saturated rings. The van der Waals surface area contributed by atoms with Gasteiger partial charge >= 0.3 is 0 Å². The molecule has 138 valence electrons. The predicted molar refractivity (Wildman–Crippen MR) is 102 cm³/mol. The first-order valence-corrected chi connectivity index (χ1v) is 8.07. The topological polar surface area (TPSA) is 67.6 Å². The van der Waals surface area contributed by atoms with Crippen molar-refractivity contribution in [1.82, 2.24) is 10.2 Å². The summed E-state index contributed by atoms with van der Waals surface area (Å²) < 4.78 is 5.32. The zero-order valence-electron chi connectivity index (χ0n) is 14.1. The van der Waals surface area contributed by atoms with Crippen LogP contribution in [-0.2, 0) is 9.53 Å². The van der Waals surface area contributed by atoms with Gasteiger partial charge in [0.25, 0.3) is 0 Å². The van der Waals surface area contributed by atoms with Crippen molar-refractivity contribution in [2.75, 3.05) is 39.4 Å². The molecule has 0 aliphatic carbocycles. The standard InChI is InChI=1S/C17H27N3O2.2ClH/c1-14(16(18)15-6-3-2-4-7-15)17(21)19-8-5-9-20-10-12-22-13-11-20;;/h2-4,6-7,14,16H,5,8-13,18H2,1H3,(H,19,21);2*1H. The average Bonchev–Trinajstić information content (AvgIpc) is 2.59. The van der Waals surface area contributed by atoms with Crippen LogP contribution in [0.3, 0.4) is 0 Å². The lowest BCUT2D eigenvalue weighted by molar-refractivity contribution is -0.125. The highest BCUT2D eigenvalue weighted by atomic mass is 35.5. The molecule has 1 aromatic rings. The van der Waals surface area contributed by atoms with E-state index in [9.17, 15) is 4.79 Å². The molecule has 24 heavy (non-hydrogen) atoms. The van der Waals surface area contributed by atoms with Gasteiger partial charge in [-0.15, -0.1) is 24.8 Å². The highest BCUT2D eigenvalue weighted by Gasteiger charge is 2.21. The lowest BCUT2D eigenvalue weighted by Crippen LogP contribution is -2.39.